The molecule has 0 unspecified atom stereocenters. The zero-order valence-corrected chi connectivity index (χ0v) is 28.6. The van der Waals surface area contributed by atoms with Gasteiger partial charge >= 0.3 is 6.09 Å². The Hall–Kier alpha value is -4.31. The van der Waals surface area contributed by atoms with Crippen molar-refractivity contribution >= 4 is 6.09 Å². The molecule has 2 fully saturated rings. The number of ether oxygens (including phenoxy) is 3. The first-order chi connectivity index (χ1) is 22.7. The number of nitrogens with zero attached hydrogens (tertiary/aromatic N) is 6. The van der Waals surface area contributed by atoms with Crippen LogP contribution in [0.25, 0.3) is 11.6 Å². The summed E-state index contributed by atoms with van der Waals surface area (Å²) in [5.74, 6) is -0.614. The minimum Gasteiger partial charge on any atom is -0.474 e. The van der Waals surface area contributed by atoms with E-state index in [1.165, 1.54) is 18.2 Å². The summed E-state index contributed by atoms with van der Waals surface area (Å²) in [5, 5.41) is 13.7. The molecule has 3 aromatic rings. The first-order valence-corrected chi connectivity index (χ1v) is 16.4. The topological polar surface area (TPSA) is 127 Å². The van der Waals surface area contributed by atoms with E-state index < -0.39 is 34.8 Å². The van der Waals surface area contributed by atoms with Gasteiger partial charge in [-0.15, -0.1) is 0 Å². The van der Waals surface area contributed by atoms with E-state index >= 15 is 0 Å². The highest BCUT2D eigenvalue weighted by Crippen LogP contribution is 2.37. The first-order valence-electron chi connectivity index (χ1n) is 16.4. The van der Waals surface area contributed by atoms with Crippen molar-refractivity contribution < 1.29 is 32.3 Å². The summed E-state index contributed by atoms with van der Waals surface area (Å²) < 4.78 is 53.5. The summed E-state index contributed by atoms with van der Waals surface area (Å²) in [6.45, 7) is 12.0. The molecule has 2 aliphatic heterocycles. The number of amides is 1. The largest absolute Gasteiger partial charge is 0.474 e. The molecule has 0 aliphatic carbocycles. The average Bonchev–Trinajstić information content (AvgIpc) is 3.66. The summed E-state index contributed by atoms with van der Waals surface area (Å²) in [7, 11) is 2.06. The number of piperidine rings is 1. The number of likely N-dealkylation sites (tertiary alicyclic amines) is 2. The van der Waals surface area contributed by atoms with Crippen molar-refractivity contribution in [3.05, 3.63) is 53.2 Å². The Bertz CT molecular complexity index is 1630. The number of hydrogen-bond donors (Lipinski definition) is 0. The summed E-state index contributed by atoms with van der Waals surface area (Å²) in [6.07, 6.45) is 2.02. The van der Waals surface area contributed by atoms with Gasteiger partial charge in [-0.3, -0.25) is 4.90 Å². The summed E-state index contributed by atoms with van der Waals surface area (Å²) >= 11 is 0. The molecule has 0 bridgehead atoms. The van der Waals surface area contributed by atoms with Crippen molar-refractivity contribution in [3.8, 4) is 29.4 Å². The van der Waals surface area contributed by atoms with E-state index in [-0.39, 0.29) is 59.3 Å². The Morgan fingerprint density at radius 2 is 1.81 bits per heavy atom. The van der Waals surface area contributed by atoms with Crippen LogP contribution in [0.15, 0.2) is 34.9 Å². The maximum atomic E-state index is 14.8. The fourth-order valence-corrected chi connectivity index (χ4v) is 6.48. The molecule has 0 radical (unpaired) electrons. The van der Waals surface area contributed by atoms with Crippen molar-refractivity contribution in [2.45, 2.75) is 109 Å². The number of hydrogen-bond acceptors (Lipinski definition) is 10. The molecule has 0 N–H and O–H groups in total. The lowest BCUT2D eigenvalue weighted by molar-refractivity contribution is -0.00382. The third-order valence-corrected chi connectivity index (χ3v) is 8.97. The molecule has 258 valence electrons. The second-order valence-electron chi connectivity index (χ2n) is 14.1. The molecule has 0 saturated carbocycles. The van der Waals surface area contributed by atoms with Crippen LogP contribution in [0.3, 0.4) is 0 Å². The Morgan fingerprint density at radius 1 is 1.10 bits per heavy atom. The number of carbonyl (C=O) groups excluding carboxylic acids is 1. The molecule has 1 amide bonds. The van der Waals surface area contributed by atoms with E-state index in [9.17, 15) is 18.8 Å². The maximum Gasteiger partial charge on any atom is 0.410 e. The monoisotopic (exact) mass is 666 g/mol. The zero-order valence-electron chi connectivity index (χ0n) is 28.6. The van der Waals surface area contributed by atoms with E-state index in [1.54, 1.807) is 51.7 Å². The highest BCUT2D eigenvalue weighted by molar-refractivity contribution is 5.68. The van der Waals surface area contributed by atoms with Gasteiger partial charge in [0, 0.05) is 42.5 Å². The molecule has 2 saturated heterocycles. The van der Waals surface area contributed by atoms with Crippen molar-refractivity contribution in [1.29, 1.82) is 5.26 Å². The quantitative estimate of drug-likeness (QED) is 0.245. The van der Waals surface area contributed by atoms with Gasteiger partial charge in [0.2, 0.25) is 23.3 Å². The van der Waals surface area contributed by atoms with Crippen LogP contribution in [-0.2, 0) is 10.2 Å². The maximum absolute atomic E-state index is 14.8. The molecule has 13 heteroatoms. The minimum absolute atomic E-state index is 0.119. The fraction of sp³-hybridized carbons (Fsp3) is 0.571. The van der Waals surface area contributed by atoms with Crippen LogP contribution < -0.4 is 9.47 Å². The van der Waals surface area contributed by atoms with Gasteiger partial charge in [0.25, 0.3) is 0 Å². The molecule has 11 nitrogen and oxygen atoms in total. The molecule has 48 heavy (non-hydrogen) atoms. The van der Waals surface area contributed by atoms with Crippen molar-refractivity contribution in [1.82, 2.24) is 24.9 Å². The molecule has 4 heterocycles. The Balaban J connectivity index is 1.43. The highest BCUT2D eigenvalue weighted by atomic mass is 19.1. The van der Waals surface area contributed by atoms with Crippen LogP contribution in [0.2, 0.25) is 0 Å². The highest BCUT2D eigenvalue weighted by Gasteiger charge is 2.37. The predicted molar refractivity (Wildman–Crippen MR) is 172 cm³/mol. The second-order valence-corrected chi connectivity index (χ2v) is 14.1. The van der Waals surface area contributed by atoms with E-state index in [0.29, 0.717) is 19.4 Å². The SMILES string of the molecule is C[C@H](Oc1cc(O[C@H]2CCN(C(=O)OC(C)(C)C)[C@H](CC#N)C2)nc(-c2cc(C(C)(C)c3c(F)cccc3F)no2)n1)[C@@H]1CCCN1C. The molecule has 0 spiro atoms. The summed E-state index contributed by atoms with van der Waals surface area (Å²) in [6, 6.07) is 8.87. The molecule has 4 atom stereocenters. The van der Waals surface area contributed by atoms with Gasteiger partial charge in [0.15, 0.2) is 0 Å². The molecular weight excluding hydrogens is 622 g/mol. The van der Waals surface area contributed by atoms with Gasteiger partial charge < -0.3 is 23.6 Å². The first kappa shape index (κ1) is 35.0. The Kier molecular flexibility index (Phi) is 10.2. The van der Waals surface area contributed by atoms with E-state index in [1.807, 2.05) is 6.92 Å². The second kappa shape index (κ2) is 14.0. The number of carbonyl (C=O) groups is 1. The number of aromatic nitrogens is 3. The van der Waals surface area contributed by atoms with Crippen molar-refractivity contribution in [2.24, 2.45) is 0 Å². The summed E-state index contributed by atoms with van der Waals surface area (Å²) in [5.41, 5.74) is -1.69. The van der Waals surface area contributed by atoms with Gasteiger partial charge in [-0.25, -0.2) is 13.6 Å². The van der Waals surface area contributed by atoms with Crippen LogP contribution >= 0.6 is 0 Å². The number of nitriles is 1. The number of benzene rings is 1. The van der Waals surface area contributed by atoms with Crippen LogP contribution in [0.1, 0.15) is 84.9 Å². The molecule has 1 aromatic carbocycles. The van der Waals surface area contributed by atoms with Crippen molar-refractivity contribution in [2.75, 3.05) is 20.1 Å². The molecule has 2 aromatic heterocycles. The van der Waals surface area contributed by atoms with E-state index in [4.69, 9.17) is 18.7 Å². The van der Waals surface area contributed by atoms with E-state index in [2.05, 4.69) is 33.1 Å². The molecule has 5 rings (SSSR count). The van der Waals surface area contributed by atoms with Crippen LogP contribution in [-0.4, -0.2) is 81.0 Å². The van der Waals surface area contributed by atoms with E-state index in [0.717, 1.165) is 19.4 Å². The number of likely N-dealkylation sites (N-methyl/N-ethyl adjacent to an activating group) is 1. The van der Waals surface area contributed by atoms with Gasteiger partial charge in [0.05, 0.1) is 30.3 Å². The lowest BCUT2D eigenvalue weighted by Gasteiger charge is -2.38. The third-order valence-electron chi connectivity index (χ3n) is 8.97. The minimum atomic E-state index is -1.18. The predicted octanol–water partition coefficient (Wildman–Crippen LogP) is 6.66. The Morgan fingerprint density at radius 3 is 2.46 bits per heavy atom. The molecule has 2 aliphatic rings. The van der Waals surface area contributed by atoms with Gasteiger partial charge in [-0.05, 0) is 80.1 Å². The van der Waals surface area contributed by atoms with Crippen LogP contribution in [0, 0.1) is 23.0 Å². The zero-order chi connectivity index (χ0) is 34.8. The van der Waals surface area contributed by atoms with Crippen molar-refractivity contribution in [3.63, 3.8) is 0 Å². The standard InChI is InChI=1S/C35H44F2N6O5/c1-21(26-12-9-16-42(26)7)45-29-20-30(46-23-14-17-43(22(18-23)13-15-38)33(44)47-34(2,3)4)40-32(39-29)27-19-28(41-48-27)35(5,6)31-24(36)10-8-11-25(31)37/h8,10-11,19-23,26H,9,12-14,16-18H2,1-7H3/t21-,22+,23-,26-/m0/s1. The normalized spacial score (nSPS) is 21.1. The number of halogens is 2. The third kappa shape index (κ3) is 7.86. The van der Waals surface area contributed by atoms with Gasteiger partial charge in [-0.2, -0.15) is 15.2 Å². The fourth-order valence-electron chi connectivity index (χ4n) is 6.48. The lowest BCUT2D eigenvalue weighted by Crippen LogP contribution is -2.50. The number of rotatable bonds is 9. The van der Waals surface area contributed by atoms with Crippen LogP contribution in [0.4, 0.5) is 13.6 Å². The van der Waals surface area contributed by atoms with Gasteiger partial charge in [0.1, 0.15) is 29.4 Å². The summed E-state index contributed by atoms with van der Waals surface area (Å²) in [4.78, 5) is 26.0. The van der Waals surface area contributed by atoms with Crippen LogP contribution in [0.5, 0.6) is 11.8 Å². The van der Waals surface area contributed by atoms with Gasteiger partial charge in [-0.1, -0.05) is 11.2 Å². The molecular formula is C35H44F2N6O5. The lowest BCUT2D eigenvalue weighted by atomic mass is 9.80. The average molecular weight is 667 g/mol. The Labute approximate surface area is 280 Å². The smallest absolute Gasteiger partial charge is 0.410 e.